The summed E-state index contributed by atoms with van der Waals surface area (Å²) in [6.07, 6.45) is 4.06. The van der Waals surface area contributed by atoms with Gasteiger partial charge in [-0.2, -0.15) is 0 Å². The number of hydrogen-bond donors (Lipinski definition) is 3. The van der Waals surface area contributed by atoms with Gasteiger partial charge in [0.05, 0.1) is 10.5 Å². The predicted octanol–water partition coefficient (Wildman–Crippen LogP) is 2.59. The second kappa shape index (κ2) is 7.87. The molecule has 27 heavy (non-hydrogen) atoms. The van der Waals surface area contributed by atoms with Gasteiger partial charge in [-0.25, -0.2) is 9.97 Å². The van der Waals surface area contributed by atoms with E-state index >= 15 is 0 Å². The number of carbonyl (C=O) groups excluding carboxylic acids is 1. The van der Waals surface area contributed by atoms with Crippen LogP contribution in [0.5, 0.6) is 0 Å². The number of nitrogens with zero attached hydrogens (tertiary/aromatic N) is 4. The molecule has 0 saturated carbocycles. The van der Waals surface area contributed by atoms with Crippen LogP contribution in [0.15, 0.2) is 55.1 Å². The van der Waals surface area contributed by atoms with E-state index in [9.17, 15) is 14.9 Å². The second-order valence-corrected chi connectivity index (χ2v) is 5.49. The molecule has 0 radical (unpaired) electrons. The van der Waals surface area contributed by atoms with Crippen molar-refractivity contribution < 1.29 is 9.72 Å². The highest BCUT2D eigenvalue weighted by atomic mass is 16.6. The molecule has 0 fully saturated rings. The van der Waals surface area contributed by atoms with Crippen molar-refractivity contribution in [2.45, 2.75) is 6.92 Å². The first-order valence-electron chi connectivity index (χ1n) is 7.84. The summed E-state index contributed by atoms with van der Waals surface area (Å²) >= 11 is 0. The van der Waals surface area contributed by atoms with Crippen LogP contribution in [0.25, 0.3) is 0 Å². The summed E-state index contributed by atoms with van der Waals surface area (Å²) in [6, 6.07) is 10.5. The predicted molar refractivity (Wildman–Crippen MR) is 98.5 cm³/mol. The van der Waals surface area contributed by atoms with Crippen molar-refractivity contribution in [3.05, 3.63) is 76.4 Å². The maximum Gasteiger partial charge on any atom is 0.355 e. The SMILES string of the molecule is Cc1cccc(Nc2ncnc(NNC(=O)c3cccnc3)c2[N+](=O)[O-])c1. The summed E-state index contributed by atoms with van der Waals surface area (Å²) in [6.45, 7) is 1.90. The summed E-state index contributed by atoms with van der Waals surface area (Å²) in [5.41, 5.74) is 6.35. The molecule has 0 atom stereocenters. The van der Waals surface area contributed by atoms with Gasteiger partial charge in [-0.3, -0.25) is 30.7 Å². The molecular weight excluding hydrogens is 350 g/mol. The van der Waals surface area contributed by atoms with Crippen molar-refractivity contribution in [2.75, 3.05) is 10.7 Å². The van der Waals surface area contributed by atoms with Gasteiger partial charge in [0.2, 0.25) is 11.6 Å². The molecule has 1 aromatic carbocycles. The topological polar surface area (TPSA) is 135 Å². The molecule has 0 unspecified atom stereocenters. The summed E-state index contributed by atoms with van der Waals surface area (Å²) in [4.78, 5) is 34.6. The van der Waals surface area contributed by atoms with Crippen LogP contribution in [0.1, 0.15) is 15.9 Å². The Bertz CT molecular complexity index is 979. The molecule has 0 saturated heterocycles. The fraction of sp³-hybridized carbons (Fsp3) is 0.0588. The third-order valence-corrected chi connectivity index (χ3v) is 3.50. The largest absolute Gasteiger partial charge is 0.355 e. The molecule has 1 amide bonds. The number of aromatic nitrogens is 3. The van der Waals surface area contributed by atoms with Gasteiger partial charge in [-0.1, -0.05) is 12.1 Å². The van der Waals surface area contributed by atoms with Crippen LogP contribution in [0.4, 0.5) is 23.0 Å². The van der Waals surface area contributed by atoms with Crippen LogP contribution >= 0.6 is 0 Å². The number of pyridine rings is 1. The molecule has 0 bridgehead atoms. The molecule has 3 aromatic rings. The Morgan fingerprint density at radius 1 is 1.15 bits per heavy atom. The van der Waals surface area contributed by atoms with Gasteiger partial charge in [0, 0.05) is 18.1 Å². The van der Waals surface area contributed by atoms with Crippen molar-refractivity contribution in [3.63, 3.8) is 0 Å². The van der Waals surface area contributed by atoms with Gasteiger partial charge in [0.1, 0.15) is 6.33 Å². The Labute approximate surface area is 153 Å². The number of amides is 1. The van der Waals surface area contributed by atoms with Crippen molar-refractivity contribution in [1.29, 1.82) is 0 Å². The average Bonchev–Trinajstić information content (AvgIpc) is 2.66. The second-order valence-electron chi connectivity index (χ2n) is 5.49. The molecule has 0 aliphatic heterocycles. The van der Waals surface area contributed by atoms with E-state index in [1.54, 1.807) is 18.2 Å². The van der Waals surface area contributed by atoms with E-state index < -0.39 is 16.5 Å². The zero-order chi connectivity index (χ0) is 19.2. The lowest BCUT2D eigenvalue weighted by atomic mass is 10.2. The van der Waals surface area contributed by atoms with Gasteiger partial charge < -0.3 is 5.32 Å². The number of anilines is 3. The van der Waals surface area contributed by atoms with Gasteiger partial charge in [-0.15, -0.1) is 0 Å². The van der Waals surface area contributed by atoms with Crippen LogP contribution in [0, 0.1) is 17.0 Å². The molecule has 0 aliphatic carbocycles. The van der Waals surface area contributed by atoms with Crippen molar-refractivity contribution in [2.24, 2.45) is 0 Å². The van der Waals surface area contributed by atoms with Crippen LogP contribution in [-0.2, 0) is 0 Å². The van der Waals surface area contributed by atoms with E-state index in [-0.39, 0.29) is 11.6 Å². The van der Waals surface area contributed by atoms with E-state index in [2.05, 4.69) is 31.1 Å². The maximum absolute atomic E-state index is 12.1. The number of hydrogen-bond acceptors (Lipinski definition) is 8. The van der Waals surface area contributed by atoms with E-state index in [0.29, 0.717) is 11.3 Å². The molecular formula is C17H15N7O3. The first kappa shape index (κ1) is 17.7. The highest BCUT2D eigenvalue weighted by Crippen LogP contribution is 2.30. The number of benzene rings is 1. The van der Waals surface area contributed by atoms with Crippen LogP contribution < -0.4 is 16.2 Å². The van der Waals surface area contributed by atoms with E-state index in [4.69, 9.17) is 0 Å². The Hall–Kier alpha value is -4.08. The molecule has 2 aromatic heterocycles. The zero-order valence-corrected chi connectivity index (χ0v) is 14.2. The van der Waals surface area contributed by atoms with E-state index in [1.807, 2.05) is 25.1 Å². The number of nitro groups is 1. The average molecular weight is 365 g/mol. The Kier molecular flexibility index (Phi) is 5.17. The quantitative estimate of drug-likeness (QED) is 0.448. The lowest BCUT2D eigenvalue weighted by Gasteiger charge is -2.11. The summed E-state index contributed by atoms with van der Waals surface area (Å²) in [5, 5.41) is 14.4. The normalized spacial score (nSPS) is 10.1. The number of hydrazine groups is 1. The maximum atomic E-state index is 12.1. The lowest BCUT2D eigenvalue weighted by molar-refractivity contribution is -0.383. The minimum Gasteiger partial charge on any atom is -0.334 e. The lowest BCUT2D eigenvalue weighted by Crippen LogP contribution is -2.30. The van der Waals surface area contributed by atoms with Gasteiger partial charge in [0.25, 0.3) is 5.91 Å². The van der Waals surface area contributed by atoms with Gasteiger partial charge >= 0.3 is 5.69 Å². The number of nitrogens with one attached hydrogen (secondary N) is 3. The van der Waals surface area contributed by atoms with Crippen LogP contribution in [0.2, 0.25) is 0 Å². The highest BCUT2D eigenvalue weighted by Gasteiger charge is 2.23. The van der Waals surface area contributed by atoms with Crippen molar-refractivity contribution in [1.82, 2.24) is 20.4 Å². The Morgan fingerprint density at radius 3 is 2.67 bits per heavy atom. The number of carbonyl (C=O) groups is 1. The standard InChI is InChI=1S/C17H15N7O3/c1-11-4-2-6-13(8-11)21-15-14(24(26)27)16(20-10-19-15)22-23-17(25)12-5-3-7-18-9-12/h2-10H,1H3,(H,23,25)(H2,19,20,21,22). The molecule has 0 spiro atoms. The minimum atomic E-state index is -0.628. The molecule has 10 heteroatoms. The minimum absolute atomic E-state index is 0.00118. The summed E-state index contributed by atoms with van der Waals surface area (Å²) in [5.74, 6) is -0.662. The third-order valence-electron chi connectivity index (χ3n) is 3.50. The molecule has 3 rings (SSSR count). The van der Waals surface area contributed by atoms with Crippen molar-refractivity contribution in [3.8, 4) is 0 Å². The number of aryl methyl sites for hydroxylation is 1. The Morgan fingerprint density at radius 2 is 1.96 bits per heavy atom. The monoisotopic (exact) mass is 365 g/mol. The zero-order valence-electron chi connectivity index (χ0n) is 14.2. The Balaban J connectivity index is 1.83. The summed E-state index contributed by atoms with van der Waals surface area (Å²) in [7, 11) is 0. The van der Waals surface area contributed by atoms with Crippen molar-refractivity contribution >= 4 is 28.9 Å². The first-order chi connectivity index (χ1) is 13.0. The third kappa shape index (κ3) is 4.31. The fourth-order valence-corrected chi connectivity index (χ4v) is 2.28. The smallest absolute Gasteiger partial charge is 0.334 e. The first-order valence-corrected chi connectivity index (χ1v) is 7.84. The number of rotatable bonds is 6. The molecule has 0 aliphatic rings. The molecule has 136 valence electrons. The molecule has 10 nitrogen and oxygen atoms in total. The molecule has 3 N–H and O–H groups in total. The van der Waals surface area contributed by atoms with Gasteiger partial charge in [0.15, 0.2) is 0 Å². The van der Waals surface area contributed by atoms with Crippen LogP contribution in [0.3, 0.4) is 0 Å². The van der Waals surface area contributed by atoms with E-state index in [0.717, 1.165) is 11.9 Å². The highest BCUT2D eigenvalue weighted by molar-refractivity contribution is 5.94. The van der Waals surface area contributed by atoms with E-state index in [1.165, 1.54) is 12.4 Å². The summed E-state index contributed by atoms with van der Waals surface area (Å²) < 4.78 is 0. The fourth-order valence-electron chi connectivity index (χ4n) is 2.28. The van der Waals surface area contributed by atoms with Crippen LogP contribution in [-0.4, -0.2) is 25.8 Å². The van der Waals surface area contributed by atoms with Gasteiger partial charge in [-0.05, 0) is 36.8 Å². The molecule has 2 heterocycles.